The Labute approximate surface area is 103 Å². The first-order valence-electron chi connectivity index (χ1n) is 6.08. The molecule has 1 aliphatic heterocycles. The van der Waals surface area contributed by atoms with Gasteiger partial charge in [-0.05, 0) is 42.9 Å². The molecule has 0 bridgehead atoms. The van der Waals surface area contributed by atoms with Crippen molar-refractivity contribution in [3.8, 4) is 0 Å². The van der Waals surface area contributed by atoms with Crippen molar-refractivity contribution in [2.24, 2.45) is 0 Å². The van der Waals surface area contributed by atoms with Crippen molar-refractivity contribution in [1.82, 2.24) is 0 Å². The van der Waals surface area contributed by atoms with Gasteiger partial charge in [-0.3, -0.25) is 0 Å². The first-order valence-corrected chi connectivity index (χ1v) is 8.14. The molecule has 4 heteroatoms. The maximum Gasteiger partial charge on any atom is 0.147 e. The summed E-state index contributed by atoms with van der Waals surface area (Å²) in [6.07, 6.45) is 5.17. The second kappa shape index (κ2) is 5.08. The van der Waals surface area contributed by atoms with Crippen LogP contribution in [0.3, 0.4) is 0 Å². The minimum Gasteiger partial charge on any atom is -0.385 e. The third-order valence-corrected chi connectivity index (χ3v) is 4.12. The maximum atomic E-state index is 11.0. The van der Waals surface area contributed by atoms with Crippen molar-refractivity contribution in [3.05, 3.63) is 29.3 Å². The summed E-state index contributed by atoms with van der Waals surface area (Å²) in [4.78, 5) is 0. The quantitative estimate of drug-likeness (QED) is 0.893. The molecule has 1 aromatic carbocycles. The summed E-state index contributed by atoms with van der Waals surface area (Å²) in [5, 5.41) is 3.39. The third-order valence-electron chi connectivity index (χ3n) is 3.09. The summed E-state index contributed by atoms with van der Waals surface area (Å²) in [6.45, 7) is 1.04. The Hall–Kier alpha value is -1.03. The van der Waals surface area contributed by atoms with Gasteiger partial charge >= 0.3 is 0 Å². The van der Waals surface area contributed by atoms with Crippen LogP contribution in [0.1, 0.15) is 24.0 Å². The van der Waals surface area contributed by atoms with E-state index in [4.69, 9.17) is 0 Å². The van der Waals surface area contributed by atoms with E-state index in [0.717, 1.165) is 19.4 Å². The fraction of sp³-hybridized carbons (Fsp3) is 0.538. The lowest BCUT2D eigenvalue weighted by Gasteiger charge is -2.18. The van der Waals surface area contributed by atoms with Gasteiger partial charge < -0.3 is 5.32 Å². The Morgan fingerprint density at radius 2 is 2.18 bits per heavy atom. The number of hydrogen-bond acceptors (Lipinski definition) is 3. The SMILES string of the molecule is CS(=O)(=O)CCCc1ccc2c(c1)NCCC2. The highest BCUT2D eigenvalue weighted by Gasteiger charge is 2.09. The van der Waals surface area contributed by atoms with Gasteiger partial charge in [0.05, 0.1) is 5.75 Å². The van der Waals surface area contributed by atoms with Gasteiger partial charge in [0.2, 0.25) is 0 Å². The van der Waals surface area contributed by atoms with Crippen molar-refractivity contribution in [2.75, 3.05) is 23.9 Å². The molecular weight excluding hydrogens is 234 g/mol. The van der Waals surface area contributed by atoms with Crippen LogP contribution in [0.4, 0.5) is 5.69 Å². The number of benzene rings is 1. The second-order valence-electron chi connectivity index (χ2n) is 4.76. The van der Waals surface area contributed by atoms with E-state index in [9.17, 15) is 8.42 Å². The molecule has 0 spiro atoms. The van der Waals surface area contributed by atoms with Crippen molar-refractivity contribution >= 4 is 15.5 Å². The average Bonchev–Trinajstić information content (AvgIpc) is 2.27. The van der Waals surface area contributed by atoms with Crippen LogP contribution in [0.15, 0.2) is 18.2 Å². The van der Waals surface area contributed by atoms with E-state index in [1.54, 1.807) is 0 Å². The van der Waals surface area contributed by atoms with E-state index in [1.807, 2.05) is 0 Å². The lowest BCUT2D eigenvalue weighted by atomic mass is 10.00. The summed E-state index contributed by atoms with van der Waals surface area (Å²) in [6, 6.07) is 6.45. The van der Waals surface area contributed by atoms with E-state index in [1.165, 1.54) is 29.5 Å². The fourth-order valence-corrected chi connectivity index (χ4v) is 2.87. The summed E-state index contributed by atoms with van der Waals surface area (Å²) < 4.78 is 22.1. The van der Waals surface area contributed by atoms with E-state index in [-0.39, 0.29) is 5.75 Å². The van der Waals surface area contributed by atoms with E-state index in [0.29, 0.717) is 6.42 Å². The standard InChI is InChI=1S/C13H19NO2S/c1-17(15,16)9-3-4-11-6-7-12-5-2-8-14-13(12)10-11/h6-7,10,14H,2-5,8-9H2,1H3. The number of hydrogen-bond donors (Lipinski definition) is 1. The van der Waals surface area contributed by atoms with Crippen LogP contribution in [0.5, 0.6) is 0 Å². The average molecular weight is 253 g/mol. The van der Waals surface area contributed by atoms with Gasteiger partial charge in [-0.2, -0.15) is 0 Å². The molecule has 1 aromatic rings. The van der Waals surface area contributed by atoms with Gasteiger partial charge in [-0.1, -0.05) is 12.1 Å². The topological polar surface area (TPSA) is 46.2 Å². The molecule has 1 aliphatic rings. The van der Waals surface area contributed by atoms with E-state index >= 15 is 0 Å². The molecule has 3 nitrogen and oxygen atoms in total. The molecule has 0 radical (unpaired) electrons. The molecule has 0 aromatic heterocycles. The van der Waals surface area contributed by atoms with E-state index < -0.39 is 9.84 Å². The fourth-order valence-electron chi connectivity index (χ4n) is 2.20. The van der Waals surface area contributed by atoms with Crippen molar-refractivity contribution in [1.29, 1.82) is 0 Å². The summed E-state index contributed by atoms with van der Waals surface area (Å²) in [5.41, 5.74) is 3.83. The summed E-state index contributed by atoms with van der Waals surface area (Å²) >= 11 is 0. The number of anilines is 1. The van der Waals surface area contributed by atoms with Crippen molar-refractivity contribution < 1.29 is 8.42 Å². The number of nitrogens with one attached hydrogen (secondary N) is 1. The Bertz CT molecular complexity index is 494. The van der Waals surface area contributed by atoms with Crippen molar-refractivity contribution in [2.45, 2.75) is 25.7 Å². The Morgan fingerprint density at radius 1 is 1.35 bits per heavy atom. The second-order valence-corrected chi connectivity index (χ2v) is 7.02. The number of fused-ring (bicyclic) bond motifs is 1. The lowest BCUT2D eigenvalue weighted by Crippen LogP contribution is -2.12. The Morgan fingerprint density at radius 3 is 2.94 bits per heavy atom. The molecule has 1 heterocycles. The molecule has 0 saturated carbocycles. The molecule has 0 saturated heterocycles. The van der Waals surface area contributed by atoms with Crippen LogP contribution in [-0.2, 0) is 22.7 Å². The Balaban J connectivity index is 1.98. The number of rotatable bonds is 4. The highest BCUT2D eigenvalue weighted by Crippen LogP contribution is 2.23. The number of sulfone groups is 1. The first-order chi connectivity index (χ1) is 8.04. The van der Waals surface area contributed by atoms with Gasteiger partial charge in [-0.15, -0.1) is 0 Å². The molecule has 2 rings (SSSR count). The highest BCUT2D eigenvalue weighted by molar-refractivity contribution is 7.90. The number of aryl methyl sites for hydroxylation is 2. The van der Waals surface area contributed by atoms with Gasteiger partial charge in [0, 0.05) is 18.5 Å². The van der Waals surface area contributed by atoms with E-state index in [2.05, 4.69) is 23.5 Å². The van der Waals surface area contributed by atoms with Gasteiger partial charge in [-0.25, -0.2) is 8.42 Å². The zero-order valence-electron chi connectivity index (χ0n) is 10.2. The van der Waals surface area contributed by atoms with Crippen LogP contribution in [0, 0.1) is 0 Å². The van der Waals surface area contributed by atoms with Crippen LogP contribution >= 0.6 is 0 Å². The summed E-state index contributed by atoms with van der Waals surface area (Å²) in [5.74, 6) is 0.275. The van der Waals surface area contributed by atoms with Crippen molar-refractivity contribution in [3.63, 3.8) is 0 Å². The van der Waals surface area contributed by atoms with Crippen LogP contribution in [-0.4, -0.2) is 27.0 Å². The molecular formula is C13H19NO2S. The van der Waals surface area contributed by atoms with Gasteiger partial charge in [0.1, 0.15) is 9.84 Å². The zero-order chi connectivity index (χ0) is 12.3. The minimum absolute atomic E-state index is 0.275. The normalized spacial score (nSPS) is 15.1. The first kappa shape index (κ1) is 12.4. The Kier molecular flexibility index (Phi) is 3.72. The molecule has 17 heavy (non-hydrogen) atoms. The largest absolute Gasteiger partial charge is 0.385 e. The smallest absolute Gasteiger partial charge is 0.147 e. The van der Waals surface area contributed by atoms with Crippen LogP contribution in [0.25, 0.3) is 0 Å². The van der Waals surface area contributed by atoms with Crippen LogP contribution < -0.4 is 5.32 Å². The monoisotopic (exact) mass is 253 g/mol. The third kappa shape index (κ3) is 3.73. The zero-order valence-corrected chi connectivity index (χ0v) is 11.0. The molecule has 1 N–H and O–H groups in total. The van der Waals surface area contributed by atoms with Crippen LogP contribution in [0.2, 0.25) is 0 Å². The van der Waals surface area contributed by atoms with Gasteiger partial charge in [0.25, 0.3) is 0 Å². The molecule has 0 aliphatic carbocycles. The minimum atomic E-state index is -2.83. The van der Waals surface area contributed by atoms with Gasteiger partial charge in [0.15, 0.2) is 0 Å². The molecule has 0 amide bonds. The predicted molar refractivity (Wildman–Crippen MR) is 71.3 cm³/mol. The molecule has 0 unspecified atom stereocenters. The lowest BCUT2D eigenvalue weighted by molar-refractivity contribution is 0.599. The molecule has 0 fully saturated rings. The predicted octanol–water partition coefficient (Wildman–Crippen LogP) is 2.02. The molecule has 94 valence electrons. The summed E-state index contributed by atoms with van der Waals surface area (Å²) in [7, 11) is -2.83. The molecule has 0 atom stereocenters. The maximum absolute atomic E-state index is 11.0. The highest BCUT2D eigenvalue weighted by atomic mass is 32.2.